The number of aromatic nitrogens is 4. The Morgan fingerprint density at radius 1 is 1.09 bits per heavy atom. The third kappa shape index (κ3) is 2.98. The van der Waals surface area contributed by atoms with Crippen LogP contribution in [0.25, 0.3) is 5.82 Å². The summed E-state index contributed by atoms with van der Waals surface area (Å²) in [7, 11) is 0. The third-order valence-electron chi connectivity index (χ3n) is 4.14. The maximum atomic E-state index is 4.84. The molecule has 0 aliphatic carbocycles. The summed E-state index contributed by atoms with van der Waals surface area (Å²) in [5.41, 5.74) is 3.04. The van der Waals surface area contributed by atoms with Crippen molar-refractivity contribution < 1.29 is 0 Å². The van der Waals surface area contributed by atoms with Crippen LogP contribution in [0.4, 0.5) is 5.82 Å². The number of rotatable bonds is 4. The van der Waals surface area contributed by atoms with Crippen LogP contribution < -0.4 is 4.90 Å². The Balaban J connectivity index is 1.93. The van der Waals surface area contributed by atoms with Gasteiger partial charge in [-0.15, -0.1) is 5.10 Å². The van der Waals surface area contributed by atoms with E-state index < -0.39 is 0 Å². The lowest BCUT2D eigenvalue weighted by molar-refractivity contribution is 0.624. The van der Waals surface area contributed by atoms with Crippen LogP contribution in [0.5, 0.6) is 0 Å². The second-order valence-corrected chi connectivity index (χ2v) is 6.58. The van der Waals surface area contributed by atoms with Crippen molar-refractivity contribution in [2.75, 3.05) is 18.0 Å². The highest BCUT2D eigenvalue weighted by Crippen LogP contribution is 2.20. The first kappa shape index (κ1) is 15.0. The Bertz CT molecular complexity index is 653. The molecular formula is C17H25N5. The van der Waals surface area contributed by atoms with Crippen LogP contribution >= 0.6 is 0 Å². The fourth-order valence-electron chi connectivity index (χ4n) is 3.00. The molecule has 0 radical (unpaired) electrons. The molecule has 0 amide bonds. The Hall–Kier alpha value is -1.91. The maximum Gasteiger partial charge on any atom is 0.175 e. The third-order valence-corrected chi connectivity index (χ3v) is 4.14. The SMILES string of the molecule is Cc1nc(C)c(-n2ccc(N3CCCC3)n2)nc1CC(C)C. The molecule has 0 saturated carbocycles. The molecule has 2 aromatic heterocycles. The zero-order valence-electron chi connectivity index (χ0n) is 14.0. The molecule has 5 nitrogen and oxygen atoms in total. The van der Waals surface area contributed by atoms with Crippen molar-refractivity contribution >= 4 is 5.82 Å². The summed E-state index contributed by atoms with van der Waals surface area (Å²) >= 11 is 0. The zero-order valence-corrected chi connectivity index (χ0v) is 14.0. The van der Waals surface area contributed by atoms with Crippen molar-refractivity contribution in [1.29, 1.82) is 0 Å². The minimum atomic E-state index is 0.571. The van der Waals surface area contributed by atoms with Gasteiger partial charge in [-0.2, -0.15) is 0 Å². The first-order chi connectivity index (χ1) is 10.5. The summed E-state index contributed by atoms with van der Waals surface area (Å²) in [5.74, 6) is 2.47. The Kier molecular flexibility index (Phi) is 4.14. The highest BCUT2D eigenvalue weighted by Gasteiger charge is 2.17. The first-order valence-corrected chi connectivity index (χ1v) is 8.19. The molecule has 1 aliphatic rings. The van der Waals surface area contributed by atoms with Crippen molar-refractivity contribution in [3.8, 4) is 5.82 Å². The molecule has 3 rings (SSSR count). The van der Waals surface area contributed by atoms with E-state index in [0.29, 0.717) is 5.92 Å². The van der Waals surface area contributed by atoms with Gasteiger partial charge in [-0.25, -0.2) is 9.67 Å². The molecule has 0 spiro atoms. The van der Waals surface area contributed by atoms with Crippen molar-refractivity contribution in [3.05, 3.63) is 29.3 Å². The van der Waals surface area contributed by atoms with E-state index in [0.717, 1.165) is 48.2 Å². The van der Waals surface area contributed by atoms with Crippen LogP contribution in [0.1, 0.15) is 43.8 Å². The summed E-state index contributed by atoms with van der Waals surface area (Å²) in [6, 6.07) is 2.08. The zero-order chi connectivity index (χ0) is 15.7. The van der Waals surface area contributed by atoms with Gasteiger partial charge in [0.2, 0.25) is 0 Å². The predicted octanol–water partition coefficient (Wildman–Crippen LogP) is 3.08. The van der Waals surface area contributed by atoms with Crippen molar-refractivity contribution in [3.63, 3.8) is 0 Å². The van der Waals surface area contributed by atoms with Gasteiger partial charge in [0.25, 0.3) is 0 Å². The minimum Gasteiger partial charge on any atom is -0.355 e. The quantitative estimate of drug-likeness (QED) is 0.870. The normalized spacial score (nSPS) is 15.0. The number of hydrogen-bond donors (Lipinski definition) is 0. The van der Waals surface area contributed by atoms with Gasteiger partial charge >= 0.3 is 0 Å². The fraction of sp³-hybridized carbons (Fsp3) is 0.588. The van der Waals surface area contributed by atoms with Crippen LogP contribution in [0.15, 0.2) is 12.3 Å². The highest BCUT2D eigenvalue weighted by molar-refractivity contribution is 5.41. The van der Waals surface area contributed by atoms with E-state index >= 15 is 0 Å². The van der Waals surface area contributed by atoms with Crippen LogP contribution in [0, 0.1) is 19.8 Å². The molecule has 5 heteroatoms. The lowest BCUT2D eigenvalue weighted by atomic mass is 10.1. The van der Waals surface area contributed by atoms with Gasteiger partial charge in [0.05, 0.1) is 17.1 Å². The molecular weight excluding hydrogens is 274 g/mol. The molecule has 0 aromatic carbocycles. The van der Waals surface area contributed by atoms with Gasteiger partial charge < -0.3 is 4.90 Å². The molecule has 0 atom stereocenters. The standard InChI is InChI=1S/C17H25N5/c1-12(2)11-15-13(3)18-14(4)17(19-15)22-10-7-16(20-22)21-8-5-6-9-21/h7,10,12H,5-6,8-9,11H2,1-4H3. The van der Waals surface area contributed by atoms with Crippen LogP contribution in [0.3, 0.4) is 0 Å². The van der Waals surface area contributed by atoms with Crippen molar-refractivity contribution in [1.82, 2.24) is 19.7 Å². The van der Waals surface area contributed by atoms with Crippen molar-refractivity contribution in [2.24, 2.45) is 5.92 Å². The number of hydrogen-bond acceptors (Lipinski definition) is 4. The highest BCUT2D eigenvalue weighted by atomic mass is 15.4. The molecule has 1 fully saturated rings. The van der Waals surface area contributed by atoms with Crippen LogP contribution in [0.2, 0.25) is 0 Å². The summed E-state index contributed by atoms with van der Waals surface area (Å²) in [4.78, 5) is 11.9. The van der Waals surface area contributed by atoms with E-state index in [1.807, 2.05) is 24.7 Å². The van der Waals surface area contributed by atoms with Crippen LogP contribution in [-0.2, 0) is 6.42 Å². The monoisotopic (exact) mass is 299 g/mol. The minimum absolute atomic E-state index is 0.571. The molecule has 2 aromatic rings. The summed E-state index contributed by atoms with van der Waals surface area (Å²) < 4.78 is 1.87. The van der Waals surface area contributed by atoms with Crippen molar-refractivity contribution in [2.45, 2.75) is 47.0 Å². The van der Waals surface area contributed by atoms with Crippen LogP contribution in [-0.4, -0.2) is 32.8 Å². The van der Waals surface area contributed by atoms with E-state index in [4.69, 9.17) is 10.1 Å². The molecule has 1 saturated heterocycles. The topological polar surface area (TPSA) is 46.8 Å². The molecule has 0 N–H and O–H groups in total. The second-order valence-electron chi connectivity index (χ2n) is 6.58. The average molecular weight is 299 g/mol. The second kappa shape index (κ2) is 6.07. The molecule has 118 valence electrons. The van der Waals surface area contributed by atoms with E-state index in [1.165, 1.54) is 12.8 Å². The molecule has 1 aliphatic heterocycles. The Morgan fingerprint density at radius 2 is 1.82 bits per heavy atom. The lowest BCUT2D eigenvalue weighted by Crippen LogP contribution is -2.18. The predicted molar refractivity (Wildman–Crippen MR) is 88.6 cm³/mol. The number of nitrogens with zero attached hydrogens (tertiary/aromatic N) is 5. The number of anilines is 1. The van der Waals surface area contributed by atoms with E-state index in [-0.39, 0.29) is 0 Å². The summed E-state index contributed by atoms with van der Waals surface area (Å²) in [6.45, 7) is 10.7. The van der Waals surface area contributed by atoms with Gasteiger partial charge in [0.1, 0.15) is 0 Å². The largest absolute Gasteiger partial charge is 0.355 e. The fourth-order valence-corrected chi connectivity index (χ4v) is 3.00. The smallest absolute Gasteiger partial charge is 0.175 e. The Morgan fingerprint density at radius 3 is 2.50 bits per heavy atom. The first-order valence-electron chi connectivity index (χ1n) is 8.19. The maximum absolute atomic E-state index is 4.84. The Labute approximate surface area is 132 Å². The molecule has 22 heavy (non-hydrogen) atoms. The van der Waals surface area contributed by atoms with E-state index in [1.54, 1.807) is 0 Å². The van der Waals surface area contributed by atoms with Gasteiger partial charge in [0, 0.05) is 25.4 Å². The van der Waals surface area contributed by atoms with E-state index in [2.05, 4.69) is 29.8 Å². The van der Waals surface area contributed by atoms with Gasteiger partial charge in [-0.05, 0) is 39.0 Å². The summed E-state index contributed by atoms with van der Waals surface area (Å²) in [5, 5.41) is 4.71. The van der Waals surface area contributed by atoms with Gasteiger partial charge in [0.15, 0.2) is 11.6 Å². The molecule has 3 heterocycles. The van der Waals surface area contributed by atoms with E-state index in [9.17, 15) is 0 Å². The van der Waals surface area contributed by atoms with Gasteiger partial charge in [-0.3, -0.25) is 4.98 Å². The average Bonchev–Trinajstić information content (AvgIpc) is 3.11. The number of aryl methyl sites for hydroxylation is 2. The molecule has 0 unspecified atom stereocenters. The molecule has 0 bridgehead atoms. The van der Waals surface area contributed by atoms with Gasteiger partial charge in [-0.1, -0.05) is 13.8 Å². The summed E-state index contributed by atoms with van der Waals surface area (Å²) in [6.07, 6.45) is 5.47. The lowest BCUT2D eigenvalue weighted by Gasteiger charge is -2.14.